The topological polar surface area (TPSA) is 317 Å². The SMILES string of the molecule is CC[N+](C)(CC)CC.CN.COCCOCC[NH3+].COCC[NH3+].C[N+](CCO)(CCO)CCO.C[NH+](CCO)CCO.C[NH+]=C(N)N.C[NH2+]CCO. The van der Waals surface area contributed by atoms with E-state index in [-0.39, 0.29) is 45.6 Å². The fraction of sp³-hybridized carbons (Fsp3) is 0.970. The Labute approximate surface area is 318 Å². The van der Waals surface area contributed by atoms with Crippen LogP contribution in [0.1, 0.15) is 20.8 Å². The van der Waals surface area contributed by atoms with Crippen LogP contribution in [0, 0.1) is 0 Å². The maximum Gasteiger partial charge on any atom is 0.338 e. The van der Waals surface area contributed by atoms with Gasteiger partial charge in [-0.25, -0.2) is 0 Å². The molecular formula is C33H97N10O9+7. The summed E-state index contributed by atoms with van der Waals surface area (Å²) in [6, 6.07) is 0. The van der Waals surface area contributed by atoms with Gasteiger partial charge < -0.3 is 81.2 Å². The zero-order chi connectivity index (χ0) is 42.5. The van der Waals surface area contributed by atoms with Crippen molar-refractivity contribution in [1.29, 1.82) is 0 Å². The van der Waals surface area contributed by atoms with Gasteiger partial charge in [0.05, 0.1) is 141 Å². The van der Waals surface area contributed by atoms with Gasteiger partial charge in [-0.2, -0.15) is 0 Å². The normalized spacial score (nSPS) is 9.87. The van der Waals surface area contributed by atoms with Crippen LogP contribution in [-0.4, -0.2) is 240 Å². The van der Waals surface area contributed by atoms with Gasteiger partial charge >= 0.3 is 5.96 Å². The fourth-order valence-corrected chi connectivity index (χ4v) is 2.86. The number of ether oxygens (including phenoxy) is 3. The third-order valence-electron chi connectivity index (χ3n) is 7.06. The van der Waals surface area contributed by atoms with E-state index in [2.05, 4.69) is 54.7 Å². The molecule has 0 aliphatic rings. The van der Waals surface area contributed by atoms with Crippen molar-refractivity contribution in [2.75, 3.05) is 195 Å². The molecule has 0 saturated carbocycles. The standard InChI is InChI=1S/C7H18NO3.C7H18N.2C5H13NO2.2C3H9NO.C2H7N3.CH5N/c1-8(2-5-9,3-6-10)4-7-11;1-5-8(4,6-2)7-3;1-6(2-4-7)3-5-8;1-7-4-5-8-3-2-6;1-5-3-2-4;1-4-2-3-5;1-5-2(3)4;1-2/h9-11H,2-7H2,1H3;5-7H2,1-4H3;7-8H,2-5H2,1H3;2-6H2,1H3;2-4H2,1H3;4-5H,2-3H2,1H3;1H3,(H4,3,4,5);2H2,1H3/q2*+1;;;;;;/p+5. The van der Waals surface area contributed by atoms with Crippen LogP contribution in [0.15, 0.2) is 0 Å². The number of guanidine groups is 1. The summed E-state index contributed by atoms with van der Waals surface area (Å²) >= 11 is 0. The lowest BCUT2D eigenvalue weighted by Gasteiger charge is -2.32. The lowest BCUT2D eigenvalue weighted by Crippen LogP contribution is -3.10. The van der Waals surface area contributed by atoms with Crippen molar-refractivity contribution in [3.63, 3.8) is 0 Å². The molecule has 0 fully saturated rings. The highest BCUT2D eigenvalue weighted by molar-refractivity contribution is 5.69. The molecule has 0 heterocycles. The van der Waals surface area contributed by atoms with Gasteiger partial charge in [-0.1, -0.05) is 0 Å². The Morgan fingerprint density at radius 3 is 1.19 bits per heavy atom. The first kappa shape index (κ1) is 68.6. The monoisotopic (exact) mass is 778 g/mol. The summed E-state index contributed by atoms with van der Waals surface area (Å²) in [5.41, 5.74) is 21.4. The number of nitrogens with zero attached hydrogens (tertiary/aromatic N) is 2. The molecule has 0 saturated heterocycles. The third kappa shape index (κ3) is 82.2. The number of hydrogen-bond donors (Lipinski definition) is 14. The number of nitrogens with two attached hydrogens (primary N) is 4. The number of aliphatic hydroxyl groups is 6. The van der Waals surface area contributed by atoms with Crippen molar-refractivity contribution in [3.8, 4) is 0 Å². The maximum atomic E-state index is 8.68. The Bertz CT molecular complexity index is 539. The summed E-state index contributed by atoms with van der Waals surface area (Å²) in [5.74, 6) is 0.255. The zero-order valence-electron chi connectivity index (χ0n) is 35.9. The summed E-state index contributed by atoms with van der Waals surface area (Å²) in [7, 11) is 14.6. The van der Waals surface area contributed by atoms with Gasteiger partial charge in [0.1, 0.15) is 32.7 Å². The van der Waals surface area contributed by atoms with Gasteiger partial charge in [-0.05, 0) is 27.8 Å². The Hall–Kier alpha value is -1.37. The van der Waals surface area contributed by atoms with Crippen molar-refractivity contribution >= 4 is 5.96 Å². The number of rotatable bonds is 22. The van der Waals surface area contributed by atoms with E-state index in [1.807, 2.05) is 26.5 Å². The summed E-state index contributed by atoms with van der Waals surface area (Å²) in [4.78, 5) is 3.66. The highest BCUT2D eigenvalue weighted by atomic mass is 16.5. The second-order valence-electron chi connectivity index (χ2n) is 11.4. The van der Waals surface area contributed by atoms with Crippen molar-refractivity contribution in [2.24, 2.45) is 17.2 Å². The Kier molecular flexibility index (Phi) is 85.2. The van der Waals surface area contributed by atoms with E-state index in [9.17, 15) is 0 Å². The maximum absolute atomic E-state index is 8.68. The molecule has 0 unspecified atom stereocenters. The summed E-state index contributed by atoms with van der Waals surface area (Å²) in [6.45, 7) is 20.1. The van der Waals surface area contributed by atoms with Crippen molar-refractivity contribution in [1.82, 2.24) is 0 Å². The van der Waals surface area contributed by atoms with Gasteiger partial charge in [-0.15, -0.1) is 0 Å². The van der Waals surface area contributed by atoms with Crippen LogP contribution in [0.4, 0.5) is 0 Å². The van der Waals surface area contributed by atoms with Gasteiger partial charge in [0.25, 0.3) is 0 Å². The number of hydrogen-bond acceptors (Lipinski definition) is 10. The predicted octanol–water partition coefficient (Wildman–Crippen LogP) is -10.1. The fourth-order valence-electron chi connectivity index (χ4n) is 2.86. The average Bonchev–Trinajstić information content (AvgIpc) is 3.13. The molecule has 0 aromatic rings. The molecule has 0 aromatic carbocycles. The third-order valence-corrected chi connectivity index (χ3v) is 7.06. The van der Waals surface area contributed by atoms with E-state index in [0.717, 1.165) is 50.8 Å². The molecule has 0 atom stereocenters. The minimum absolute atomic E-state index is 0.0938. The largest absolute Gasteiger partial charge is 0.391 e. The Morgan fingerprint density at radius 2 is 1.04 bits per heavy atom. The second kappa shape index (κ2) is 64.6. The van der Waals surface area contributed by atoms with Crippen LogP contribution in [0.5, 0.6) is 0 Å². The minimum atomic E-state index is 0.0938. The van der Waals surface area contributed by atoms with E-state index in [4.69, 9.17) is 51.6 Å². The number of aliphatic hydroxyl groups excluding tert-OH is 6. The van der Waals surface area contributed by atoms with E-state index >= 15 is 0 Å². The zero-order valence-corrected chi connectivity index (χ0v) is 35.9. The lowest BCUT2D eigenvalue weighted by atomic mass is 10.4. The number of methoxy groups -OCH3 is 2. The van der Waals surface area contributed by atoms with Crippen LogP contribution in [0.25, 0.3) is 0 Å². The Morgan fingerprint density at radius 1 is 0.673 bits per heavy atom. The average molecular weight is 778 g/mol. The van der Waals surface area contributed by atoms with Gasteiger partial charge in [-0.3, -0.25) is 16.5 Å². The second-order valence-corrected chi connectivity index (χ2v) is 11.4. The molecule has 326 valence electrons. The van der Waals surface area contributed by atoms with Gasteiger partial charge in [0, 0.05) is 14.2 Å². The predicted molar refractivity (Wildman–Crippen MR) is 211 cm³/mol. The van der Waals surface area contributed by atoms with Gasteiger partial charge in [0.2, 0.25) is 0 Å². The summed E-state index contributed by atoms with van der Waals surface area (Å²) in [5, 5.41) is 52.7. The van der Waals surface area contributed by atoms with Gasteiger partial charge in [0.15, 0.2) is 0 Å². The van der Waals surface area contributed by atoms with Crippen molar-refractivity contribution < 1.29 is 80.5 Å². The molecule has 0 spiro atoms. The molecule has 22 N–H and O–H groups in total. The van der Waals surface area contributed by atoms with E-state index in [1.54, 1.807) is 21.3 Å². The number of quaternary nitrogens is 6. The molecule has 0 aliphatic carbocycles. The van der Waals surface area contributed by atoms with Crippen LogP contribution in [-0.2, 0) is 14.2 Å². The molecule has 0 aliphatic heterocycles. The molecule has 19 heteroatoms. The molecule has 19 nitrogen and oxygen atoms in total. The first-order valence-electron chi connectivity index (χ1n) is 18.4. The first-order chi connectivity index (χ1) is 24.7. The molecule has 52 heavy (non-hydrogen) atoms. The molecule has 0 radical (unpaired) electrons. The highest BCUT2D eigenvalue weighted by Crippen LogP contribution is 1.99. The van der Waals surface area contributed by atoms with E-state index < -0.39 is 0 Å². The molecule has 0 aromatic heterocycles. The van der Waals surface area contributed by atoms with Crippen LogP contribution >= 0.6 is 0 Å². The first-order valence-corrected chi connectivity index (χ1v) is 18.4. The minimum Gasteiger partial charge on any atom is -0.391 e. The smallest absolute Gasteiger partial charge is 0.338 e. The summed E-state index contributed by atoms with van der Waals surface area (Å²) in [6.07, 6.45) is 0. The number of likely N-dealkylation sites (N-methyl/N-ethyl adjacent to an activating group) is 3. The Balaban J connectivity index is -0.0000000731. The molecule has 0 amide bonds. The quantitative estimate of drug-likeness (QED) is 0.0211. The van der Waals surface area contributed by atoms with E-state index in [0.29, 0.717) is 37.3 Å². The summed E-state index contributed by atoms with van der Waals surface area (Å²) < 4.78 is 16.1. The number of nitrogens with one attached hydrogen (secondary N) is 2. The van der Waals surface area contributed by atoms with Crippen LogP contribution in [0.3, 0.4) is 0 Å². The van der Waals surface area contributed by atoms with Crippen LogP contribution < -0.4 is 43.9 Å². The van der Waals surface area contributed by atoms with Crippen molar-refractivity contribution in [2.45, 2.75) is 20.8 Å². The van der Waals surface area contributed by atoms with E-state index in [1.165, 1.54) is 31.2 Å². The van der Waals surface area contributed by atoms with Crippen LogP contribution in [0.2, 0.25) is 0 Å². The van der Waals surface area contributed by atoms with Crippen molar-refractivity contribution in [3.05, 3.63) is 0 Å². The molecule has 0 bridgehead atoms. The molecule has 0 rings (SSSR count). The lowest BCUT2D eigenvalue weighted by molar-refractivity contribution is -0.910. The molecular weight excluding hydrogens is 680 g/mol. The highest BCUT2D eigenvalue weighted by Gasteiger charge is 2.18.